The van der Waals surface area contributed by atoms with E-state index in [1.54, 1.807) is 6.20 Å². The lowest BCUT2D eigenvalue weighted by molar-refractivity contribution is -0.139. The Labute approximate surface area is 128 Å². The third-order valence-corrected chi connectivity index (χ3v) is 3.42. The fraction of sp³-hybridized carbons (Fsp3) is 0.375. The number of H-pyrrole nitrogens is 1. The van der Waals surface area contributed by atoms with E-state index in [2.05, 4.69) is 10.3 Å². The van der Waals surface area contributed by atoms with Crippen molar-refractivity contribution in [1.29, 1.82) is 0 Å². The SMILES string of the molecule is CCCCOC(=O)N[C@@H](Cc1c[nH]c2ccccc12)C(=O)O. The zero-order valence-electron chi connectivity index (χ0n) is 12.5. The summed E-state index contributed by atoms with van der Waals surface area (Å²) < 4.78 is 4.95. The van der Waals surface area contributed by atoms with Gasteiger partial charge in [0.15, 0.2) is 0 Å². The molecule has 0 aliphatic rings. The van der Waals surface area contributed by atoms with Crippen LogP contribution in [0.3, 0.4) is 0 Å². The molecule has 3 N–H and O–H groups in total. The van der Waals surface area contributed by atoms with Crippen molar-refractivity contribution in [1.82, 2.24) is 10.3 Å². The number of hydrogen-bond acceptors (Lipinski definition) is 3. The van der Waals surface area contributed by atoms with Gasteiger partial charge in [0.05, 0.1) is 6.61 Å². The smallest absolute Gasteiger partial charge is 0.407 e. The second-order valence-electron chi connectivity index (χ2n) is 5.09. The molecule has 0 bridgehead atoms. The van der Waals surface area contributed by atoms with E-state index < -0.39 is 18.1 Å². The number of carboxylic acids is 1. The maximum absolute atomic E-state index is 11.6. The van der Waals surface area contributed by atoms with E-state index in [1.165, 1.54) is 0 Å². The average molecular weight is 304 g/mol. The van der Waals surface area contributed by atoms with Gasteiger partial charge in [-0.15, -0.1) is 0 Å². The van der Waals surface area contributed by atoms with Crippen LogP contribution in [0.4, 0.5) is 4.79 Å². The van der Waals surface area contributed by atoms with Crippen molar-refractivity contribution in [2.24, 2.45) is 0 Å². The summed E-state index contributed by atoms with van der Waals surface area (Å²) in [6.07, 6.45) is 2.94. The van der Waals surface area contributed by atoms with E-state index in [-0.39, 0.29) is 6.42 Å². The van der Waals surface area contributed by atoms with Gasteiger partial charge in [-0.25, -0.2) is 9.59 Å². The molecule has 118 valence electrons. The largest absolute Gasteiger partial charge is 0.480 e. The second-order valence-corrected chi connectivity index (χ2v) is 5.09. The summed E-state index contributed by atoms with van der Waals surface area (Å²) in [5, 5.41) is 12.6. The van der Waals surface area contributed by atoms with Crippen LogP contribution >= 0.6 is 0 Å². The molecule has 6 nitrogen and oxygen atoms in total. The number of aliphatic carboxylic acids is 1. The number of amides is 1. The Morgan fingerprint density at radius 1 is 1.36 bits per heavy atom. The highest BCUT2D eigenvalue weighted by molar-refractivity contribution is 5.85. The van der Waals surface area contributed by atoms with Crippen LogP contribution in [0.25, 0.3) is 10.9 Å². The number of unbranched alkanes of at least 4 members (excludes halogenated alkanes) is 1. The molecule has 0 spiro atoms. The van der Waals surface area contributed by atoms with Gasteiger partial charge in [0.2, 0.25) is 0 Å². The molecule has 0 unspecified atom stereocenters. The third-order valence-electron chi connectivity index (χ3n) is 3.42. The summed E-state index contributed by atoms with van der Waals surface area (Å²) in [4.78, 5) is 26.1. The van der Waals surface area contributed by atoms with Gasteiger partial charge in [0.25, 0.3) is 0 Å². The number of para-hydroxylation sites is 1. The number of carboxylic acid groups (broad SMARTS) is 1. The van der Waals surface area contributed by atoms with Gasteiger partial charge in [-0.05, 0) is 18.1 Å². The van der Waals surface area contributed by atoms with Crippen LogP contribution in [0.1, 0.15) is 25.3 Å². The average Bonchev–Trinajstić information content (AvgIpc) is 2.90. The van der Waals surface area contributed by atoms with Crippen molar-refractivity contribution in [3.05, 3.63) is 36.0 Å². The van der Waals surface area contributed by atoms with Crippen molar-refractivity contribution < 1.29 is 19.4 Å². The van der Waals surface area contributed by atoms with Gasteiger partial charge in [0, 0.05) is 23.5 Å². The molecule has 1 aromatic carbocycles. The number of aromatic amines is 1. The Balaban J connectivity index is 2.03. The first-order valence-electron chi connectivity index (χ1n) is 7.33. The highest BCUT2D eigenvalue weighted by atomic mass is 16.5. The summed E-state index contributed by atoms with van der Waals surface area (Å²) in [5.74, 6) is -1.09. The predicted octanol–water partition coefficient (Wildman–Crippen LogP) is 2.69. The van der Waals surface area contributed by atoms with Gasteiger partial charge in [-0.2, -0.15) is 0 Å². The number of rotatable bonds is 7. The minimum absolute atomic E-state index is 0.197. The lowest BCUT2D eigenvalue weighted by atomic mass is 10.1. The molecule has 0 radical (unpaired) electrons. The maximum Gasteiger partial charge on any atom is 0.407 e. The summed E-state index contributed by atoms with van der Waals surface area (Å²) >= 11 is 0. The molecule has 22 heavy (non-hydrogen) atoms. The Morgan fingerprint density at radius 2 is 2.14 bits per heavy atom. The molecule has 1 atom stereocenters. The van der Waals surface area contributed by atoms with Gasteiger partial charge < -0.3 is 20.1 Å². The minimum Gasteiger partial charge on any atom is -0.480 e. The van der Waals surface area contributed by atoms with Crippen LogP contribution in [0.2, 0.25) is 0 Å². The summed E-state index contributed by atoms with van der Waals surface area (Å²) in [6.45, 7) is 2.28. The van der Waals surface area contributed by atoms with E-state index in [0.717, 1.165) is 29.3 Å². The zero-order chi connectivity index (χ0) is 15.9. The van der Waals surface area contributed by atoms with E-state index in [9.17, 15) is 14.7 Å². The van der Waals surface area contributed by atoms with Crippen LogP contribution in [0.5, 0.6) is 0 Å². The van der Waals surface area contributed by atoms with E-state index in [1.807, 2.05) is 31.2 Å². The number of fused-ring (bicyclic) bond motifs is 1. The molecule has 0 saturated carbocycles. The van der Waals surface area contributed by atoms with Gasteiger partial charge in [0.1, 0.15) is 6.04 Å². The lowest BCUT2D eigenvalue weighted by Gasteiger charge is -2.14. The normalized spacial score (nSPS) is 12.0. The Hall–Kier alpha value is -2.50. The molecular weight excluding hydrogens is 284 g/mol. The highest BCUT2D eigenvalue weighted by Gasteiger charge is 2.22. The zero-order valence-corrected chi connectivity index (χ0v) is 12.5. The fourth-order valence-electron chi connectivity index (χ4n) is 2.21. The fourth-order valence-corrected chi connectivity index (χ4v) is 2.21. The van der Waals surface area contributed by atoms with Crippen LogP contribution in [-0.2, 0) is 16.0 Å². The van der Waals surface area contributed by atoms with Crippen LogP contribution in [0, 0.1) is 0 Å². The molecule has 1 heterocycles. The number of aromatic nitrogens is 1. The molecule has 1 aromatic heterocycles. The summed E-state index contributed by atoms with van der Waals surface area (Å²) in [7, 11) is 0. The van der Waals surface area contributed by atoms with Crippen molar-refractivity contribution in [3.8, 4) is 0 Å². The number of benzene rings is 1. The number of nitrogens with one attached hydrogen (secondary N) is 2. The maximum atomic E-state index is 11.6. The molecule has 2 aromatic rings. The summed E-state index contributed by atoms with van der Waals surface area (Å²) in [5.41, 5.74) is 1.78. The number of hydrogen-bond donors (Lipinski definition) is 3. The number of alkyl carbamates (subject to hydrolysis) is 1. The van der Waals surface area contributed by atoms with E-state index in [4.69, 9.17) is 4.74 Å². The first kappa shape index (κ1) is 15.9. The quantitative estimate of drug-likeness (QED) is 0.686. The molecule has 0 aliphatic carbocycles. The van der Waals surface area contributed by atoms with E-state index in [0.29, 0.717) is 6.61 Å². The first-order valence-corrected chi connectivity index (χ1v) is 7.33. The Kier molecular flexibility index (Phi) is 5.41. The second kappa shape index (κ2) is 7.49. The van der Waals surface area contributed by atoms with Gasteiger partial charge in [-0.1, -0.05) is 31.5 Å². The van der Waals surface area contributed by atoms with Crippen LogP contribution < -0.4 is 5.32 Å². The van der Waals surface area contributed by atoms with Crippen molar-refractivity contribution in [2.75, 3.05) is 6.61 Å². The Morgan fingerprint density at radius 3 is 2.86 bits per heavy atom. The van der Waals surface area contributed by atoms with E-state index >= 15 is 0 Å². The molecule has 0 saturated heterocycles. The number of carbonyl (C=O) groups is 2. The molecular formula is C16H20N2O4. The number of ether oxygens (including phenoxy) is 1. The van der Waals surface area contributed by atoms with Gasteiger partial charge >= 0.3 is 12.1 Å². The van der Waals surface area contributed by atoms with Crippen LogP contribution in [0.15, 0.2) is 30.5 Å². The third kappa shape index (κ3) is 4.00. The van der Waals surface area contributed by atoms with Crippen molar-refractivity contribution in [2.45, 2.75) is 32.2 Å². The van der Waals surface area contributed by atoms with Crippen LogP contribution in [-0.4, -0.2) is 34.8 Å². The predicted molar refractivity (Wildman–Crippen MR) is 82.8 cm³/mol. The van der Waals surface area contributed by atoms with Crippen molar-refractivity contribution >= 4 is 23.0 Å². The molecule has 2 rings (SSSR count). The number of carbonyl (C=O) groups excluding carboxylic acids is 1. The molecule has 0 fully saturated rings. The Bertz CT molecular complexity index is 650. The molecule has 6 heteroatoms. The minimum atomic E-state index is -1.09. The lowest BCUT2D eigenvalue weighted by Crippen LogP contribution is -2.42. The summed E-state index contributed by atoms with van der Waals surface area (Å²) in [6, 6.07) is 6.61. The topological polar surface area (TPSA) is 91.4 Å². The highest BCUT2D eigenvalue weighted by Crippen LogP contribution is 2.19. The first-order chi connectivity index (χ1) is 10.6. The standard InChI is InChI=1S/C16H20N2O4/c1-2-3-8-22-16(21)18-14(15(19)20)9-11-10-17-13-7-5-4-6-12(11)13/h4-7,10,14,17H,2-3,8-9H2,1H3,(H,18,21)(H,19,20)/t14-/m0/s1. The molecule has 0 aliphatic heterocycles. The van der Waals surface area contributed by atoms with Crippen molar-refractivity contribution in [3.63, 3.8) is 0 Å². The molecule has 1 amide bonds. The monoisotopic (exact) mass is 304 g/mol. The van der Waals surface area contributed by atoms with Gasteiger partial charge in [-0.3, -0.25) is 0 Å².